The summed E-state index contributed by atoms with van der Waals surface area (Å²) in [7, 11) is 0. The van der Waals surface area contributed by atoms with Gasteiger partial charge in [0, 0.05) is 0 Å². The molecule has 0 aromatic carbocycles. The second-order valence-electron chi connectivity index (χ2n) is 3.22. The van der Waals surface area contributed by atoms with E-state index in [2.05, 4.69) is 0 Å². The lowest BCUT2D eigenvalue weighted by Gasteiger charge is -2.43. The summed E-state index contributed by atoms with van der Waals surface area (Å²) in [5.41, 5.74) is 0. The topological polar surface area (TPSA) is 148 Å². The number of aliphatic hydroxyl groups is 6. The molecule has 0 bridgehead atoms. The smallest absolute Gasteiger partial charge is 0.442 e. The molecule has 1 saturated heterocycles. The molecule has 0 spiro atoms. The molecule has 84 valence electrons. The van der Waals surface area contributed by atoms with Gasteiger partial charge in [-0.2, -0.15) is 4.90 Å². The van der Waals surface area contributed by atoms with Crippen molar-refractivity contribution in [3.05, 3.63) is 5.21 Å². The minimum absolute atomic E-state index is 0.309. The lowest BCUT2D eigenvalue weighted by atomic mass is 10.6. The van der Waals surface area contributed by atoms with Crippen LogP contribution in [0.4, 0.5) is 0 Å². The number of hydroxylamine groups is 3. The predicted octanol–water partition coefficient (Wildman–Crippen LogP) is -4.25. The zero-order chi connectivity index (χ0) is 11.2. The van der Waals surface area contributed by atoms with Crippen LogP contribution in [0.2, 0.25) is 0 Å². The SMILES string of the molecule is [O-][N+]1(C(O)(O)O)CCN(C(O)(O)O)C1. The van der Waals surface area contributed by atoms with E-state index in [1.54, 1.807) is 0 Å². The molecule has 0 aliphatic carbocycles. The van der Waals surface area contributed by atoms with Crippen LogP contribution in [0.15, 0.2) is 0 Å². The van der Waals surface area contributed by atoms with Crippen LogP contribution in [0.3, 0.4) is 0 Å². The molecule has 1 rings (SSSR count). The van der Waals surface area contributed by atoms with Crippen LogP contribution >= 0.6 is 0 Å². The van der Waals surface area contributed by atoms with Crippen molar-refractivity contribution in [1.29, 1.82) is 0 Å². The van der Waals surface area contributed by atoms with Crippen LogP contribution in [-0.2, 0) is 0 Å². The Morgan fingerprint density at radius 1 is 1.07 bits per heavy atom. The zero-order valence-electron chi connectivity index (χ0n) is 7.11. The summed E-state index contributed by atoms with van der Waals surface area (Å²) >= 11 is 0. The van der Waals surface area contributed by atoms with Crippen molar-refractivity contribution in [1.82, 2.24) is 4.90 Å². The Hall–Kier alpha value is -0.360. The molecule has 6 N–H and O–H groups in total. The van der Waals surface area contributed by atoms with E-state index < -0.39 is 30.1 Å². The van der Waals surface area contributed by atoms with E-state index >= 15 is 0 Å². The number of hydrogen-bond donors (Lipinski definition) is 6. The molecule has 14 heavy (non-hydrogen) atoms. The Morgan fingerprint density at radius 2 is 1.57 bits per heavy atom. The molecule has 1 atom stereocenters. The van der Waals surface area contributed by atoms with Crippen LogP contribution < -0.4 is 0 Å². The fraction of sp³-hybridized carbons (Fsp3) is 1.00. The summed E-state index contributed by atoms with van der Waals surface area (Å²) in [4.78, 5) is 0.470. The maximum atomic E-state index is 11.4. The molecular weight excluding hydrogens is 200 g/mol. The van der Waals surface area contributed by atoms with E-state index in [0.717, 1.165) is 0 Å². The average Bonchev–Trinajstić information content (AvgIpc) is 2.29. The summed E-state index contributed by atoms with van der Waals surface area (Å²) in [5, 5.41) is 63.3. The van der Waals surface area contributed by atoms with Gasteiger partial charge in [-0.15, -0.1) is 0 Å². The van der Waals surface area contributed by atoms with Crippen molar-refractivity contribution in [3.8, 4) is 0 Å². The first-order valence-corrected chi connectivity index (χ1v) is 3.74. The lowest BCUT2D eigenvalue weighted by molar-refractivity contribution is -1.01. The molecule has 1 aliphatic heterocycles. The summed E-state index contributed by atoms with van der Waals surface area (Å²) in [6.45, 7) is -1.68. The van der Waals surface area contributed by atoms with Crippen molar-refractivity contribution < 1.29 is 35.3 Å². The Morgan fingerprint density at radius 3 is 1.79 bits per heavy atom. The molecule has 9 heteroatoms. The average molecular weight is 212 g/mol. The van der Waals surface area contributed by atoms with Gasteiger partial charge in [-0.05, 0) is 0 Å². The molecule has 0 aromatic rings. The van der Waals surface area contributed by atoms with E-state index in [9.17, 15) is 5.21 Å². The maximum absolute atomic E-state index is 11.4. The van der Waals surface area contributed by atoms with Crippen LogP contribution in [0.1, 0.15) is 0 Å². The Balaban J connectivity index is 2.75. The van der Waals surface area contributed by atoms with Gasteiger partial charge >= 0.3 is 12.2 Å². The maximum Gasteiger partial charge on any atom is 0.442 e. The normalized spacial score (nSPS) is 31.1. The molecule has 1 fully saturated rings. The second-order valence-corrected chi connectivity index (χ2v) is 3.22. The predicted molar refractivity (Wildman–Crippen MR) is 38.8 cm³/mol. The van der Waals surface area contributed by atoms with Crippen LogP contribution in [0.25, 0.3) is 0 Å². The third kappa shape index (κ3) is 2.00. The van der Waals surface area contributed by atoms with Gasteiger partial charge in [-0.1, -0.05) is 0 Å². The first-order chi connectivity index (χ1) is 6.06. The highest BCUT2D eigenvalue weighted by Crippen LogP contribution is 2.25. The standard InChI is InChI=1S/C5H12N2O7/c8-4(9,10)6-1-2-7(14,3-6)5(11,12)13/h8-13H,1-3H2. The monoisotopic (exact) mass is 212 g/mol. The van der Waals surface area contributed by atoms with Crippen molar-refractivity contribution in [2.24, 2.45) is 0 Å². The highest BCUT2D eigenvalue weighted by atomic mass is 16.8. The van der Waals surface area contributed by atoms with Crippen molar-refractivity contribution in [2.45, 2.75) is 12.2 Å². The number of hydrogen-bond acceptors (Lipinski definition) is 8. The molecule has 0 aromatic heterocycles. The van der Waals surface area contributed by atoms with Crippen molar-refractivity contribution >= 4 is 0 Å². The molecule has 1 heterocycles. The largest absolute Gasteiger partial charge is 0.626 e. The fourth-order valence-corrected chi connectivity index (χ4v) is 1.19. The van der Waals surface area contributed by atoms with Gasteiger partial charge in [0.2, 0.25) is 0 Å². The highest BCUT2D eigenvalue weighted by Gasteiger charge is 2.50. The summed E-state index contributed by atoms with van der Waals surface area (Å²) in [6.07, 6.45) is -6.74. The summed E-state index contributed by atoms with van der Waals surface area (Å²) in [5.74, 6) is 0. The van der Waals surface area contributed by atoms with Gasteiger partial charge < -0.3 is 20.5 Å². The van der Waals surface area contributed by atoms with Gasteiger partial charge in [0.1, 0.15) is 6.67 Å². The minimum atomic E-state index is -3.53. The molecule has 0 radical (unpaired) electrons. The third-order valence-corrected chi connectivity index (χ3v) is 2.10. The number of nitrogens with zero attached hydrogens (tertiary/aromatic N) is 2. The first-order valence-electron chi connectivity index (χ1n) is 3.74. The Bertz CT molecular complexity index is 221. The Kier molecular flexibility index (Phi) is 2.56. The van der Waals surface area contributed by atoms with Crippen LogP contribution in [0.5, 0.6) is 0 Å². The molecule has 1 unspecified atom stereocenters. The van der Waals surface area contributed by atoms with Gasteiger partial charge in [0.25, 0.3) is 0 Å². The van der Waals surface area contributed by atoms with Gasteiger partial charge in [-0.25, -0.2) is 0 Å². The summed E-state index contributed by atoms with van der Waals surface area (Å²) < 4.78 is -1.89. The number of rotatable bonds is 2. The summed E-state index contributed by atoms with van der Waals surface area (Å²) in [6, 6.07) is 0. The van der Waals surface area contributed by atoms with Crippen molar-refractivity contribution in [3.63, 3.8) is 0 Å². The van der Waals surface area contributed by atoms with Crippen LogP contribution in [-0.4, -0.2) is 72.1 Å². The van der Waals surface area contributed by atoms with E-state index in [1.807, 2.05) is 0 Å². The molecular formula is C5H12N2O7. The minimum Gasteiger partial charge on any atom is -0.626 e. The van der Waals surface area contributed by atoms with E-state index in [4.69, 9.17) is 30.6 Å². The van der Waals surface area contributed by atoms with E-state index in [-0.39, 0.29) is 6.54 Å². The van der Waals surface area contributed by atoms with Gasteiger partial charge in [0.05, 0.1) is 13.1 Å². The van der Waals surface area contributed by atoms with Gasteiger partial charge in [0.15, 0.2) is 0 Å². The molecule has 0 saturated carbocycles. The highest BCUT2D eigenvalue weighted by molar-refractivity contribution is 4.64. The Labute approximate surface area is 78.4 Å². The lowest BCUT2D eigenvalue weighted by Crippen LogP contribution is -2.61. The second kappa shape index (κ2) is 3.06. The van der Waals surface area contributed by atoms with E-state index in [1.165, 1.54) is 0 Å². The number of quaternary nitrogens is 1. The first kappa shape index (κ1) is 11.7. The fourth-order valence-electron chi connectivity index (χ4n) is 1.19. The van der Waals surface area contributed by atoms with E-state index in [0.29, 0.717) is 4.90 Å². The van der Waals surface area contributed by atoms with Crippen LogP contribution in [0, 0.1) is 5.21 Å². The molecule has 9 nitrogen and oxygen atoms in total. The quantitative estimate of drug-likeness (QED) is 0.153. The zero-order valence-corrected chi connectivity index (χ0v) is 7.11. The van der Waals surface area contributed by atoms with Crippen molar-refractivity contribution in [2.75, 3.05) is 19.8 Å². The molecule has 1 aliphatic rings. The van der Waals surface area contributed by atoms with Gasteiger partial charge in [-0.3, -0.25) is 20.0 Å². The third-order valence-electron chi connectivity index (χ3n) is 2.10. The molecule has 0 amide bonds.